The Bertz CT molecular complexity index is 376. The molecule has 0 saturated heterocycles. The number of amides is 1. The Morgan fingerprint density at radius 1 is 1.33 bits per heavy atom. The molecule has 0 fully saturated rings. The maximum absolute atomic E-state index is 11.2. The van der Waals surface area contributed by atoms with E-state index in [1.807, 2.05) is 11.8 Å². The van der Waals surface area contributed by atoms with Crippen LogP contribution in [0.15, 0.2) is 29.2 Å². The topological polar surface area (TPSA) is 40.5 Å². The molecular weight excluding hydrogens is 246 g/mol. The number of benzene rings is 1. The largest absolute Gasteiger partial charge is 0.387 e. The summed E-state index contributed by atoms with van der Waals surface area (Å²) in [5, 5.41) is 9.32. The Hall–Kier alpha value is -1.00. The summed E-state index contributed by atoms with van der Waals surface area (Å²) in [7, 11) is 1.71. The van der Waals surface area contributed by atoms with Crippen LogP contribution >= 0.6 is 11.8 Å². The molecule has 0 aliphatic carbocycles. The standard InChI is InChI=1S/C14H21NO2S/c1-11(2)18-13-6-4-12(5-7-13)8-9-15(3)14(17)10-16/h4-7,11,16H,8-10H2,1-3H3. The number of thioether (sulfide) groups is 1. The number of likely N-dealkylation sites (N-methyl/N-ethyl adjacent to an activating group) is 1. The van der Waals surface area contributed by atoms with Crippen molar-refractivity contribution in [3.8, 4) is 0 Å². The Kier molecular flexibility index (Phi) is 6.22. The highest BCUT2D eigenvalue weighted by molar-refractivity contribution is 7.99. The van der Waals surface area contributed by atoms with Crippen molar-refractivity contribution in [2.24, 2.45) is 0 Å². The molecule has 0 bridgehead atoms. The summed E-state index contributed by atoms with van der Waals surface area (Å²) in [4.78, 5) is 14.0. The van der Waals surface area contributed by atoms with Gasteiger partial charge in [0.05, 0.1) is 0 Å². The third-order valence-corrected chi connectivity index (χ3v) is 3.61. The molecule has 0 atom stereocenters. The molecule has 0 aliphatic rings. The number of aliphatic hydroxyl groups is 1. The van der Waals surface area contributed by atoms with Gasteiger partial charge in [-0.1, -0.05) is 26.0 Å². The van der Waals surface area contributed by atoms with Crippen LogP contribution in [-0.4, -0.2) is 41.4 Å². The van der Waals surface area contributed by atoms with Crippen LogP contribution in [0.3, 0.4) is 0 Å². The molecule has 18 heavy (non-hydrogen) atoms. The van der Waals surface area contributed by atoms with Gasteiger partial charge < -0.3 is 10.0 Å². The molecule has 3 nitrogen and oxygen atoms in total. The Balaban J connectivity index is 2.46. The molecule has 1 aromatic carbocycles. The van der Waals surface area contributed by atoms with Crippen molar-refractivity contribution >= 4 is 17.7 Å². The Morgan fingerprint density at radius 3 is 2.44 bits per heavy atom. The van der Waals surface area contributed by atoms with Gasteiger partial charge in [-0.15, -0.1) is 11.8 Å². The number of hydrogen-bond acceptors (Lipinski definition) is 3. The zero-order chi connectivity index (χ0) is 13.5. The summed E-state index contributed by atoms with van der Waals surface area (Å²) >= 11 is 1.84. The second-order valence-corrected chi connectivity index (χ2v) is 6.18. The number of rotatable bonds is 6. The summed E-state index contributed by atoms with van der Waals surface area (Å²) in [6.45, 7) is 4.57. The van der Waals surface area contributed by atoms with Gasteiger partial charge in [-0.3, -0.25) is 4.79 Å². The van der Waals surface area contributed by atoms with Crippen molar-refractivity contribution < 1.29 is 9.90 Å². The van der Waals surface area contributed by atoms with Gasteiger partial charge in [0.15, 0.2) is 0 Å². The zero-order valence-electron chi connectivity index (χ0n) is 11.2. The Labute approximate surface area is 113 Å². The van der Waals surface area contributed by atoms with Crippen molar-refractivity contribution in [3.63, 3.8) is 0 Å². The smallest absolute Gasteiger partial charge is 0.248 e. The molecule has 0 aromatic heterocycles. The number of hydrogen-bond donors (Lipinski definition) is 1. The van der Waals surface area contributed by atoms with E-state index in [1.54, 1.807) is 11.9 Å². The molecule has 0 heterocycles. The predicted molar refractivity (Wildman–Crippen MR) is 75.9 cm³/mol. The van der Waals surface area contributed by atoms with E-state index in [9.17, 15) is 4.79 Å². The summed E-state index contributed by atoms with van der Waals surface area (Å²) in [6, 6.07) is 8.44. The van der Waals surface area contributed by atoms with Gasteiger partial charge in [0.2, 0.25) is 5.91 Å². The van der Waals surface area contributed by atoms with E-state index >= 15 is 0 Å². The van der Waals surface area contributed by atoms with E-state index < -0.39 is 6.61 Å². The van der Waals surface area contributed by atoms with E-state index in [0.717, 1.165) is 6.42 Å². The molecule has 1 amide bonds. The molecule has 1 aromatic rings. The quantitative estimate of drug-likeness (QED) is 0.803. The van der Waals surface area contributed by atoms with Crippen LogP contribution in [0, 0.1) is 0 Å². The van der Waals surface area contributed by atoms with Crippen LogP contribution in [0.2, 0.25) is 0 Å². The fourth-order valence-corrected chi connectivity index (χ4v) is 2.39. The van der Waals surface area contributed by atoms with Crippen molar-refractivity contribution in [2.75, 3.05) is 20.2 Å². The normalized spacial score (nSPS) is 10.7. The minimum absolute atomic E-state index is 0.234. The summed E-state index contributed by atoms with van der Waals surface area (Å²) < 4.78 is 0. The predicted octanol–water partition coefficient (Wildman–Crippen LogP) is 2.18. The lowest BCUT2D eigenvalue weighted by Gasteiger charge is -2.15. The van der Waals surface area contributed by atoms with Crippen molar-refractivity contribution in [1.82, 2.24) is 4.90 Å². The monoisotopic (exact) mass is 267 g/mol. The summed E-state index contributed by atoms with van der Waals surface area (Å²) in [5.74, 6) is -0.234. The van der Waals surface area contributed by atoms with Crippen LogP contribution in [0.25, 0.3) is 0 Å². The van der Waals surface area contributed by atoms with Gasteiger partial charge in [-0.2, -0.15) is 0 Å². The molecule has 0 radical (unpaired) electrons. The average Bonchev–Trinajstić information content (AvgIpc) is 2.36. The highest BCUT2D eigenvalue weighted by Crippen LogP contribution is 2.22. The van der Waals surface area contributed by atoms with Crippen LogP contribution < -0.4 is 0 Å². The fourth-order valence-electron chi connectivity index (χ4n) is 1.55. The number of nitrogens with zero attached hydrogens (tertiary/aromatic N) is 1. The molecule has 1 rings (SSSR count). The minimum Gasteiger partial charge on any atom is -0.387 e. The summed E-state index contributed by atoms with van der Waals surface area (Å²) in [6.07, 6.45) is 0.814. The average molecular weight is 267 g/mol. The second kappa shape index (κ2) is 7.44. The first kappa shape index (κ1) is 15.1. The van der Waals surface area contributed by atoms with E-state index in [-0.39, 0.29) is 5.91 Å². The van der Waals surface area contributed by atoms with Crippen LogP contribution in [0.4, 0.5) is 0 Å². The van der Waals surface area contributed by atoms with Crippen LogP contribution in [0.1, 0.15) is 19.4 Å². The number of aliphatic hydroxyl groups excluding tert-OH is 1. The van der Waals surface area contributed by atoms with E-state index in [2.05, 4.69) is 38.1 Å². The van der Waals surface area contributed by atoms with Crippen LogP contribution in [0.5, 0.6) is 0 Å². The van der Waals surface area contributed by atoms with Crippen molar-refractivity contribution in [1.29, 1.82) is 0 Å². The number of carbonyl (C=O) groups excluding carboxylic acids is 1. The maximum atomic E-state index is 11.2. The summed E-state index contributed by atoms with van der Waals surface area (Å²) in [5.41, 5.74) is 1.21. The van der Waals surface area contributed by atoms with Gasteiger partial charge in [0, 0.05) is 23.7 Å². The minimum atomic E-state index is -0.416. The molecule has 0 unspecified atom stereocenters. The highest BCUT2D eigenvalue weighted by Gasteiger charge is 2.06. The number of carbonyl (C=O) groups is 1. The lowest BCUT2D eigenvalue weighted by molar-refractivity contribution is -0.132. The first-order valence-corrected chi connectivity index (χ1v) is 7.01. The molecular formula is C14H21NO2S. The highest BCUT2D eigenvalue weighted by atomic mass is 32.2. The molecule has 100 valence electrons. The molecule has 0 aliphatic heterocycles. The third-order valence-electron chi connectivity index (χ3n) is 2.59. The van der Waals surface area contributed by atoms with Crippen molar-refractivity contribution in [3.05, 3.63) is 29.8 Å². The molecule has 4 heteroatoms. The zero-order valence-corrected chi connectivity index (χ0v) is 12.0. The SMILES string of the molecule is CC(C)Sc1ccc(CCN(C)C(=O)CO)cc1. The fraction of sp³-hybridized carbons (Fsp3) is 0.500. The first-order chi connectivity index (χ1) is 8.52. The van der Waals surface area contributed by atoms with Gasteiger partial charge in [0.1, 0.15) is 6.61 Å². The van der Waals surface area contributed by atoms with E-state index in [4.69, 9.17) is 5.11 Å². The maximum Gasteiger partial charge on any atom is 0.248 e. The van der Waals surface area contributed by atoms with E-state index in [1.165, 1.54) is 10.5 Å². The van der Waals surface area contributed by atoms with Gasteiger partial charge in [-0.25, -0.2) is 0 Å². The van der Waals surface area contributed by atoms with Gasteiger partial charge in [-0.05, 0) is 24.1 Å². The Morgan fingerprint density at radius 2 is 1.94 bits per heavy atom. The lowest BCUT2D eigenvalue weighted by Crippen LogP contribution is -2.31. The van der Waals surface area contributed by atoms with Gasteiger partial charge >= 0.3 is 0 Å². The molecule has 0 saturated carbocycles. The van der Waals surface area contributed by atoms with Crippen LogP contribution in [-0.2, 0) is 11.2 Å². The van der Waals surface area contributed by atoms with E-state index in [0.29, 0.717) is 11.8 Å². The second-order valence-electron chi connectivity index (χ2n) is 4.53. The third kappa shape index (κ3) is 5.10. The van der Waals surface area contributed by atoms with Gasteiger partial charge in [0.25, 0.3) is 0 Å². The lowest BCUT2D eigenvalue weighted by atomic mass is 10.1. The molecule has 1 N–H and O–H groups in total. The molecule has 0 spiro atoms. The first-order valence-electron chi connectivity index (χ1n) is 6.13. The van der Waals surface area contributed by atoms with Crippen molar-refractivity contribution in [2.45, 2.75) is 30.4 Å².